The molecule has 156 valence electrons. The smallest absolute Gasteiger partial charge is 0.246 e. The number of ether oxygens (including phenoxy) is 1. The molecular weight excluding hydrogens is 469 g/mol. The van der Waals surface area contributed by atoms with Crippen LogP contribution >= 0.6 is 24.0 Å². The lowest BCUT2D eigenvalue weighted by Crippen LogP contribution is -2.36. The molecule has 0 atom stereocenters. The number of rotatable bonds is 10. The number of aliphatic imine (C=N–C) groups is 1. The Bertz CT molecular complexity index is 733. The molecular formula is C20H32IN5O2. The molecule has 0 saturated carbocycles. The van der Waals surface area contributed by atoms with E-state index in [4.69, 9.17) is 9.26 Å². The van der Waals surface area contributed by atoms with Crippen molar-refractivity contribution in [1.82, 2.24) is 20.8 Å². The zero-order valence-electron chi connectivity index (χ0n) is 17.2. The van der Waals surface area contributed by atoms with Crippen molar-refractivity contribution in [2.45, 2.75) is 60.0 Å². The molecule has 0 aliphatic heterocycles. The molecule has 1 heterocycles. The monoisotopic (exact) mass is 501 g/mol. The van der Waals surface area contributed by atoms with E-state index >= 15 is 0 Å². The maximum atomic E-state index is 6.00. The van der Waals surface area contributed by atoms with E-state index in [-0.39, 0.29) is 24.0 Å². The van der Waals surface area contributed by atoms with Gasteiger partial charge in [0, 0.05) is 12.1 Å². The predicted octanol–water partition coefficient (Wildman–Crippen LogP) is 4.13. The fourth-order valence-corrected chi connectivity index (χ4v) is 2.54. The summed E-state index contributed by atoms with van der Waals surface area (Å²) in [5.41, 5.74) is 2.26. The van der Waals surface area contributed by atoms with Gasteiger partial charge < -0.3 is 19.9 Å². The molecule has 8 heteroatoms. The van der Waals surface area contributed by atoms with Gasteiger partial charge in [-0.1, -0.05) is 37.1 Å². The van der Waals surface area contributed by atoms with E-state index in [1.807, 2.05) is 6.92 Å². The summed E-state index contributed by atoms with van der Waals surface area (Å²) in [6.07, 6.45) is 3.44. The van der Waals surface area contributed by atoms with E-state index < -0.39 is 0 Å². The van der Waals surface area contributed by atoms with Crippen LogP contribution in [0.15, 0.2) is 27.7 Å². The highest BCUT2D eigenvalue weighted by Gasteiger charge is 2.07. The van der Waals surface area contributed by atoms with Crippen molar-refractivity contribution in [1.29, 1.82) is 0 Å². The fraction of sp³-hybridized carbons (Fsp3) is 0.550. The molecule has 28 heavy (non-hydrogen) atoms. The van der Waals surface area contributed by atoms with E-state index in [0.717, 1.165) is 30.9 Å². The first-order chi connectivity index (χ1) is 13.1. The summed E-state index contributed by atoms with van der Waals surface area (Å²) in [7, 11) is 0. The van der Waals surface area contributed by atoms with Crippen LogP contribution in [0, 0.1) is 13.8 Å². The molecule has 2 aromatic rings. The number of benzene rings is 1. The van der Waals surface area contributed by atoms with E-state index in [9.17, 15) is 0 Å². The Hall–Kier alpha value is -1.84. The van der Waals surface area contributed by atoms with Crippen LogP contribution in [0.1, 0.15) is 56.0 Å². The largest absolute Gasteiger partial charge is 0.493 e. The number of hydrogen-bond donors (Lipinski definition) is 2. The van der Waals surface area contributed by atoms with Crippen LogP contribution in [0.4, 0.5) is 0 Å². The second kappa shape index (κ2) is 13.4. The average Bonchev–Trinajstić information content (AvgIpc) is 3.07. The molecule has 0 unspecified atom stereocenters. The number of nitrogens with zero attached hydrogens (tertiary/aromatic N) is 3. The number of nitrogens with one attached hydrogen (secondary N) is 2. The highest BCUT2D eigenvalue weighted by molar-refractivity contribution is 14.0. The van der Waals surface area contributed by atoms with Crippen LogP contribution in [-0.2, 0) is 13.1 Å². The number of halogens is 1. The van der Waals surface area contributed by atoms with Crippen LogP contribution in [0.2, 0.25) is 0 Å². The second-order valence-corrected chi connectivity index (χ2v) is 6.45. The van der Waals surface area contributed by atoms with Gasteiger partial charge in [0.25, 0.3) is 0 Å². The topological polar surface area (TPSA) is 84.6 Å². The zero-order valence-corrected chi connectivity index (χ0v) is 19.6. The van der Waals surface area contributed by atoms with Crippen molar-refractivity contribution in [3.63, 3.8) is 0 Å². The maximum absolute atomic E-state index is 6.00. The van der Waals surface area contributed by atoms with Gasteiger partial charge in [0.2, 0.25) is 5.89 Å². The summed E-state index contributed by atoms with van der Waals surface area (Å²) >= 11 is 0. The molecule has 0 spiro atoms. The van der Waals surface area contributed by atoms with Crippen molar-refractivity contribution in [3.05, 3.63) is 41.0 Å². The van der Waals surface area contributed by atoms with Crippen molar-refractivity contribution in [2.24, 2.45) is 4.99 Å². The Morgan fingerprint density at radius 3 is 2.68 bits per heavy atom. The molecule has 0 amide bonds. The molecule has 1 aromatic heterocycles. The molecule has 0 aliphatic carbocycles. The Balaban J connectivity index is 0.00000392. The quantitative estimate of drug-likeness (QED) is 0.221. The fourth-order valence-electron chi connectivity index (χ4n) is 2.54. The summed E-state index contributed by atoms with van der Waals surface area (Å²) in [6, 6.07) is 6.25. The van der Waals surface area contributed by atoms with Crippen molar-refractivity contribution in [2.75, 3.05) is 13.2 Å². The maximum Gasteiger partial charge on any atom is 0.246 e. The minimum atomic E-state index is 0. The Morgan fingerprint density at radius 1 is 1.18 bits per heavy atom. The third-order valence-corrected chi connectivity index (χ3v) is 3.96. The van der Waals surface area contributed by atoms with Crippen LogP contribution in [-0.4, -0.2) is 29.3 Å². The van der Waals surface area contributed by atoms with Gasteiger partial charge >= 0.3 is 0 Å². The van der Waals surface area contributed by atoms with Crippen LogP contribution in [0.5, 0.6) is 5.75 Å². The third kappa shape index (κ3) is 8.45. The van der Waals surface area contributed by atoms with Gasteiger partial charge in [0.1, 0.15) is 5.75 Å². The van der Waals surface area contributed by atoms with Gasteiger partial charge in [0.05, 0.1) is 19.7 Å². The molecule has 0 fully saturated rings. The minimum absolute atomic E-state index is 0. The van der Waals surface area contributed by atoms with Gasteiger partial charge in [-0.05, 0) is 38.8 Å². The molecule has 2 N–H and O–H groups in total. The van der Waals surface area contributed by atoms with Crippen LogP contribution in [0.25, 0.3) is 0 Å². The lowest BCUT2D eigenvalue weighted by atomic mass is 10.1. The van der Waals surface area contributed by atoms with Crippen molar-refractivity contribution >= 4 is 29.9 Å². The van der Waals surface area contributed by atoms with Crippen LogP contribution in [0.3, 0.4) is 0 Å². The summed E-state index contributed by atoms with van der Waals surface area (Å²) in [4.78, 5) is 8.86. The van der Waals surface area contributed by atoms with Gasteiger partial charge in [0.15, 0.2) is 11.8 Å². The average molecular weight is 501 g/mol. The number of aromatic nitrogens is 2. The normalized spacial score (nSPS) is 11.1. The Morgan fingerprint density at radius 2 is 2.00 bits per heavy atom. The van der Waals surface area contributed by atoms with Crippen molar-refractivity contribution in [3.8, 4) is 5.75 Å². The number of unbranched alkanes of at least 4 members (excludes halogenated alkanes) is 2. The molecule has 7 nitrogen and oxygen atoms in total. The molecule has 1 aromatic carbocycles. The van der Waals surface area contributed by atoms with Gasteiger partial charge in [-0.15, -0.1) is 24.0 Å². The summed E-state index contributed by atoms with van der Waals surface area (Å²) in [6.45, 7) is 10.6. The van der Waals surface area contributed by atoms with E-state index in [1.54, 1.807) is 6.92 Å². The zero-order chi connectivity index (χ0) is 19.5. The summed E-state index contributed by atoms with van der Waals surface area (Å²) < 4.78 is 11.1. The third-order valence-electron chi connectivity index (χ3n) is 3.96. The number of guanidine groups is 1. The van der Waals surface area contributed by atoms with Crippen LogP contribution < -0.4 is 15.4 Å². The number of hydrogen-bond acceptors (Lipinski definition) is 5. The number of aryl methyl sites for hydroxylation is 2. The second-order valence-electron chi connectivity index (χ2n) is 6.45. The van der Waals surface area contributed by atoms with E-state index in [1.165, 1.54) is 18.4 Å². The van der Waals surface area contributed by atoms with Gasteiger partial charge in [-0.3, -0.25) is 0 Å². The van der Waals surface area contributed by atoms with E-state index in [2.05, 4.69) is 57.8 Å². The SMILES string of the molecule is CCCCCOc1cc(C)ccc1CN=C(NCC)NCc1nc(C)no1.I. The Labute approximate surface area is 184 Å². The lowest BCUT2D eigenvalue weighted by molar-refractivity contribution is 0.303. The molecule has 0 radical (unpaired) electrons. The molecule has 0 aliphatic rings. The highest BCUT2D eigenvalue weighted by Crippen LogP contribution is 2.21. The van der Waals surface area contributed by atoms with E-state index in [0.29, 0.717) is 30.8 Å². The summed E-state index contributed by atoms with van der Waals surface area (Å²) in [5, 5.41) is 10.2. The molecule has 0 saturated heterocycles. The minimum Gasteiger partial charge on any atom is -0.493 e. The van der Waals surface area contributed by atoms with Gasteiger partial charge in [-0.2, -0.15) is 4.98 Å². The standard InChI is InChI=1S/C20H31N5O2.HI/c1-5-7-8-11-26-18-12-15(3)9-10-17(18)13-22-20(21-6-2)23-14-19-24-16(4)25-27-19;/h9-10,12H,5-8,11,13-14H2,1-4H3,(H2,21,22,23);1H. The predicted molar refractivity (Wildman–Crippen MR) is 122 cm³/mol. The first-order valence-corrected chi connectivity index (χ1v) is 9.66. The molecule has 2 rings (SSSR count). The van der Waals surface area contributed by atoms with Gasteiger partial charge in [-0.25, -0.2) is 4.99 Å². The first-order valence-electron chi connectivity index (χ1n) is 9.66. The first kappa shape index (κ1) is 24.2. The molecule has 0 bridgehead atoms. The Kier molecular flexibility index (Phi) is 11.5. The highest BCUT2D eigenvalue weighted by atomic mass is 127. The summed E-state index contributed by atoms with van der Waals surface area (Å²) in [5.74, 6) is 2.77. The van der Waals surface area contributed by atoms with Crippen molar-refractivity contribution < 1.29 is 9.26 Å². The lowest BCUT2D eigenvalue weighted by Gasteiger charge is -2.13.